The molecule has 0 unspecified atom stereocenters. The molecular formula is C22H25N3O3S. The summed E-state index contributed by atoms with van der Waals surface area (Å²) in [4.78, 5) is 25.2. The summed E-state index contributed by atoms with van der Waals surface area (Å²) in [5.74, 6) is 1.56. The number of aliphatic carboxylic acids is 1. The van der Waals surface area contributed by atoms with E-state index < -0.39 is 5.97 Å². The average Bonchev–Trinajstić information content (AvgIpc) is 3.03. The summed E-state index contributed by atoms with van der Waals surface area (Å²) in [6, 6.07) is 8.16. The Morgan fingerprint density at radius 2 is 1.90 bits per heavy atom. The van der Waals surface area contributed by atoms with Crippen molar-refractivity contribution in [3.8, 4) is 16.9 Å². The van der Waals surface area contributed by atoms with Gasteiger partial charge in [0.2, 0.25) is 0 Å². The lowest BCUT2D eigenvalue weighted by atomic mass is 9.96. The minimum atomic E-state index is -0.699. The molecule has 1 N–H and O–H groups in total. The predicted molar refractivity (Wildman–Crippen MR) is 116 cm³/mol. The molecule has 6 nitrogen and oxygen atoms in total. The highest BCUT2D eigenvalue weighted by Crippen LogP contribution is 2.42. The lowest BCUT2D eigenvalue weighted by Gasteiger charge is -2.31. The Morgan fingerprint density at radius 3 is 2.52 bits per heavy atom. The van der Waals surface area contributed by atoms with E-state index in [1.807, 2.05) is 26.0 Å². The Bertz CT molecular complexity index is 1040. The smallest absolute Gasteiger partial charge is 0.306 e. The fourth-order valence-corrected chi connectivity index (χ4v) is 5.08. The van der Waals surface area contributed by atoms with Gasteiger partial charge < -0.3 is 14.7 Å². The molecule has 1 aliphatic rings. The van der Waals surface area contributed by atoms with Crippen molar-refractivity contribution in [1.82, 2.24) is 9.97 Å². The van der Waals surface area contributed by atoms with Gasteiger partial charge in [-0.15, -0.1) is 11.3 Å². The molecule has 0 spiro atoms. The first-order valence-electron chi connectivity index (χ1n) is 9.96. The van der Waals surface area contributed by atoms with Crippen LogP contribution < -0.4 is 9.64 Å². The number of piperidine rings is 1. The van der Waals surface area contributed by atoms with Crippen LogP contribution in [0.2, 0.25) is 0 Å². The standard InChI is InChI=1S/C22H25N3O3S/c1-4-28-17-7-5-15(6-8-17)18-13(2)29-21-19(18)20(23-14(3)24-21)25-11-9-16(10-12-25)22(26)27/h5-8,16H,4,9-12H2,1-3H3,(H,26,27). The maximum atomic E-state index is 11.3. The number of hydrogen-bond acceptors (Lipinski definition) is 6. The summed E-state index contributed by atoms with van der Waals surface area (Å²) in [7, 11) is 0. The van der Waals surface area contributed by atoms with Gasteiger partial charge >= 0.3 is 5.97 Å². The van der Waals surface area contributed by atoms with Gasteiger partial charge in [-0.3, -0.25) is 4.79 Å². The number of aromatic nitrogens is 2. The first kappa shape index (κ1) is 19.6. The number of carbonyl (C=O) groups is 1. The largest absolute Gasteiger partial charge is 0.494 e. The molecule has 29 heavy (non-hydrogen) atoms. The van der Waals surface area contributed by atoms with Crippen molar-refractivity contribution >= 4 is 33.3 Å². The van der Waals surface area contributed by atoms with Crippen LogP contribution in [0.4, 0.5) is 5.82 Å². The molecule has 7 heteroatoms. The number of carboxylic acids is 1. The van der Waals surface area contributed by atoms with Gasteiger partial charge in [0.25, 0.3) is 0 Å². The van der Waals surface area contributed by atoms with Crippen LogP contribution in [-0.2, 0) is 4.79 Å². The molecular weight excluding hydrogens is 386 g/mol. The summed E-state index contributed by atoms with van der Waals surface area (Å²) in [5, 5.41) is 10.4. The third kappa shape index (κ3) is 3.79. The molecule has 0 bridgehead atoms. The molecule has 2 aromatic heterocycles. The second-order valence-electron chi connectivity index (χ2n) is 7.36. The van der Waals surface area contributed by atoms with Crippen molar-refractivity contribution < 1.29 is 14.6 Å². The van der Waals surface area contributed by atoms with Gasteiger partial charge in [0, 0.05) is 23.5 Å². The molecule has 0 aliphatic carbocycles. The molecule has 1 fully saturated rings. The highest BCUT2D eigenvalue weighted by molar-refractivity contribution is 7.19. The van der Waals surface area contributed by atoms with Crippen molar-refractivity contribution in [2.75, 3.05) is 24.6 Å². The molecule has 1 saturated heterocycles. The van der Waals surface area contributed by atoms with Crippen LogP contribution in [-0.4, -0.2) is 40.7 Å². The molecule has 3 aromatic rings. The van der Waals surface area contributed by atoms with Crippen LogP contribution in [0.5, 0.6) is 5.75 Å². The molecule has 0 atom stereocenters. The minimum Gasteiger partial charge on any atom is -0.494 e. The average molecular weight is 412 g/mol. The molecule has 1 aliphatic heterocycles. The van der Waals surface area contributed by atoms with Crippen LogP contribution in [0.3, 0.4) is 0 Å². The monoisotopic (exact) mass is 411 g/mol. The number of ether oxygens (including phenoxy) is 1. The van der Waals surface area contributed by atoms with Crippen LogP contribution in [0.1, 0.15) is 30.5 Å². The van der Waals surface area contributed by atoms with Gasteiger partial charge in [-0.1, -0.05) is 12.1 Å². The molecule has 4 rings (SSSR count). The van der Waals surface area contributed by atoms with Crippen molar-refractivity contribution in [3.63, 3.8) is 0 Å². The van der Waals surface area contributed by atoms with Crippen molar-refractivity contribution in [2.24, 2.45) is 5.92 Å². The first-order valence-corrected chi connectivity index (χ1v) is 10.8. The Hall–Kier alpha value is -2.67. The molecule has 0 radical (unpaired) electrons. The zero-order valence-corrected chi connectivity index (χ0v) is 17.8. The van der Waals surface area contributed by atoms with E-state index in [0.29, 0.717) is 32.5 Å². The highest BCUT2D eigenvalue weighted by Gasteiger charge is 2.28. The number of anilines is 1. The molecule has 3 heterocycles. The summed E-state index contributed by atoms with van der Waals surface area (Å²) in [6.45, 7) is 8.04. The lowest BCUT2D eigenvalue weighted by Crippen LogP contribution is -2.37. The Morgan fingerprint density at radius 1 is 1.21 bits per heavy atom. The third-order valence-corrected chi connectivity index (χ3v) is 6.42. The zero-order chi connectivity index (χ0) is 20.5. The van der Waals surface area contributed by atoms with E-state index in [-0.39, 0.29) is 5.92 Å². The SMILES string of the molecule is CCOc1ccc(-c2c(C)sc3nc(C)nc(N4CCC(C(=O)O)CC4)c23)cc1. The van der Waals surface area contributed by atoms with Crippen LogP contribution in [0.15, 0.2) is 24.3 Å². The molecule has 0 saturated carbocycles. The van der Waals surface area contributed by atoms with Crippen molar-refractivity contribution in [2.45, 2.75) is 33.6 Å². The van der Waals surface area contributed by atoms with E-state index >= 15 is 0 Å². The first-order chi connectivity index (χ1) is 14.0. The van der Waals surface area contributed by atoms with Crippen LogP contribution in [0, 0.1) is 19.8 Å². The van der Waals surface area contributed by atoms with Gasteiger partial charge in [-0.25, -0.2) is 9.97 Å². The fraction of sp³-hybridized carbons (Fsp3) is 0.409. The number of nitrogens with zero attached hydrogens (tertiary/aromatic N) is 3. The van der Waals surface area contributed by atoms with E-state index in [1.165, 1.54) is 4.88 Å². The number of carboxylic acid groups (broad SMARTS) is 1. The number of hydrogen-bond donors (Lipinski definition) is 1. The number of fused-ring (bicyclic) bond motifs is 1. The van der Waals surface area contributed by atoms with E-state index in [1.54, 1.807) is 11.3 Å². The predicted octanol–water partition coefficient (Wildman–Crippen LogP) is 4.67. The maximum Gasteiger partial charge on any atom is 0.306 e. The van der Waals surface area contributed by atoms with Crippen molar-refractivity contribution in [3.05, 3.63) is 35.0 Å². The van der Waals surface area contributed by atoms with Crippen LogP contribution >= 0.6 is 11.3 Å². The minimum absolute atomic E-state index is 0.264. The van der Waals surface area contributed by atoms with Gasteiger partial charge in [-0.2, -0.15) is 0 Å². The molecule has 152 valence electrons. The molecule has 0 amide bonds. The fourth-order valence-electron chi connectivity index (χ4n) is 4.00. The second kappa shape index (κ2) is 7.99. The van der Waals surface area contributed by atoms with Crippen molar-refractivity contribution in [1.29, 1.82) is 0 Å². The van der Waals surface area contributed by atoms with Gasteiger partial charge in [0.1, 0.15) is 22.2 Å². The van der Waals surface area contributed by atoms with Gasteiger partial charge in [0.15, 0.2) is 0 Å². The second-order valence-corrected chi connectivity index (χ2v) is 8.57. The number of aryl methyl sites for hydroxylation is 2. The van der Waals surface area contributed by atoms with E-state index in [9.17, 15) is 9.90 Å². The van der Waals surface area contributed by atoms with Crippen LogP contribution in [0.25, 0.3) is 21.3 Å². The highest BCUT2D eigenvalue weighted by atomic mass is 32.1. The molecule has 1 aromatic carbocycles. The summed E-state index contributed by atoms with van der Waals surface area (Å²) >= 11 is 1.68. The van der Waals surface area contributed by atoms with Gasteiger partial charge in [-0.05, 0) is 51.3 Å². The summed E-state index contributed by atoms with van der Waals surface area (Å²) in [5.41, 5.74) is 2.27. The Kier molecular flexibility index (Phi) is 5.41. The maximum absolute atomic E-state index is 11.3. The van der Waals surface area contributed by atoms with E-state index in [2.05, 4.69) is 24.0 Å². The Balaban J connectivity index is 1.78. The summed E-state index contributed by atoms with van der Waals surface area (Å²) in [6.07, 6.45) is 1.28. The normalized spacial score (nSPS) is 15.1. The van der Waals surface area contributed by atoms with Gasteiger partial charge in [0.05, 0.1) is 17.9 Å². The zero-order valence-electron chi connectivity index (χ0n) is 16.9. The number of benzene rings is 1. The van der Waals surface area contributed by atoms with E-state index in [4.69, 9.17) is 14.7 Å². The lowest BCUT2D eigenvalue weighted by molar-refractivity contribution is -0.142. The van der Waals surface area contributed by atoms with E-state index in [0.717, 1.165) is 38.7 Å². The topological polar surface area (TPSA) is 75.6 Å². The number of rotatable bonds is 5. The summed E-state index contributed by atoms with van der Waals surface area (Å²) < 4.78 is 5.58. The Labute approximate surface area is 174 Å². The number of thiophene rings is 1. The quantitative estimate of drug-likeness (QED) is 0.657. The third-order valence-electron chi connectivity index (χ3n) is 5.42.